The Bertz CT molecular complexity index is 5270. The maximum absolute atomic E-state index is 12.4. The summed E-state index contributed by atoms with van der Waals surface area (Å²) < 4.78 is 141. The van der Waals surface area contributed by atoms with Crippen molar-refractivity contribution >= 4 is 40.0 Å². The standard InChI is InChI=1S/C18H16F3NO5.C18H17F3O3.C16H17NO4.C16H19NO2.C16H18O2.C14H16N2O2/c1-12-6-7-14(22(24)25)11-16(12)27-9-8-26-15-5-3-2-4-13(15)10-17(23)18(19,20)21;1-13-6-2-4-8-15(13)23-10-11-24-16-9-5-3-7-14(16)12-17(22)18(19,20)21;1-12-5-3-4-6-15(12)20-9-10-21-16-11-14(17(18)19)8-7-13(16)2;1-12-5-3-4-6-15(12)18-9-10-19-16-11-14(17)8-7-13(16)2;1-13-7-3-5-9-15(13)17-11-12-18-16-10-6-4-8-14(16)2;15-11-5-1-3-7-13(11)17-9-10-18-14-8-4-2-6-12(14)16/h2-7,11H,8-10H2,1H3;2-9H,10-12H2,1H3;3-8,11H,9-10H2,1-2H3;3-8,11H,9-10,17H2,1-2H3;3-10H,11-12H2,1-2H3;1-8H,9-10,15-16H2. The molecule has 670 valence electrons. The zero-order valence-corrected chi connectivity index (χ0v) is 71.6. The lowest BCUT2D eigenvalue weighted by molar-refractivity contribution is -0.385. The van der Waals surface area contributed by atoms with Crippen LogP contribution in [0.25, 0.3) is 0 Å². The number of non-ortho nitro benzene ring substituents is 2. The molecule has 0 fully saturated rings. The number of Topliss-reactive ketones (excluding diaryl/α,β-unsaturated/α-hetero) is 2. The smallest absolute Gasteiger partial charge is 0.450 e. The summed E-state index contributed by atoms with van der Waals surface area (Å²) in [7, 11) is 0. The maximum atomic E-state index is 12.4. The average molecular weight is 1750 g/mol. The minimum Gasteiger partial charge on any atom is -0.490 e. The SMILES string of the molecule is Cc1ccc([N+](=O)[O-])cc1OCCOc1ccccc1CC(=O)C(F)(F)F.Cc1ccccc1OCCOc1cc(N)ccc1C.Cc1ccccc1OCCOc1cc([N+](=O)[O-])ccc1C.Cc1ccccc1OCCOc1ccccc1C.Cc1ccccc1OCCOc1ccccc1CC(=O)C(F)(F)F.Nc1ccccc1OCCOc1ccccc1N. The minimum atomic E-state index is -4.91. The van der Waals surface area contributed by atoms with E-state index in [1.165, 1.54) is 54.6 Å². The molecular weight excluding hydrogens is 1650 g/mol. The van der Waals surface area contributed by atoms with Gasteiger partial charge in [0.1, 0.15) is 148 Å². The van der Waals surface area contributed by atoms with Gasteiger partial charge >= 0.3 is 12.4 Å². The number of anilines is 3. The van der Waals surface area contributed by atoms with Gasteiger partial charge in [-0.3, -0.25) is 29.8 Å². The molecule has 29 heteroatoms. The van der Waals surface area contributed by atoms with E-state index < -0.39 is 46.6 Å². The largest absolute Gasteiger partial charge is 0.490 e. The lowest BCUT2D eigenvalue weighted by Crippen LogP contribution is -2.24. The van der Waals surface area contributed by atoms with Crippen molar-refractivity contribution in [2.75, 3.05) is 96.5 Å². The molecule has 6 N–H and O–H groups in total. The van der Waals surface area contributed by atoms with E-state index in [9.17, 15) is 56.2 Å². The number of ether oxygens (including phenoxy) is 12. The van der Waals surface area contributed by atoms with Crippen LogP contribution in [0, 0.1) is 75.6 Å². The van der Waals surface area contributed by atoms with E-state index >= 15 is 0 Å². The molecule has 12 aromatic carbocycles. The molecule has 127 heavy (non-hydrogen) atoms. The van der Waals surface area contributed by atoms with Crippen molar-refractivity contribution < 1.29 is 103 Å². The van der Waals surface area contributed by atoms with Gasteiger partial charge in [0.25, 0.3) is 11.4 Å². The number of nitrogens with two attached hydrogens (primary N) is 3. The van der Waals surface area contributed by atoms with E-state index in [2.05, 4.69) is 0 Å². The van der Waals surface area contributed by atoms with Gasteiger partial charge in [0.2, 0.25) is 11.6 Å². The van der Waals surface area contributed by atoms with Crippen molar-refractivity contribution in [1.82, 2.24) is 0 Å². The normalized spacial score (nSPS) is 10.5. The number of benzene rings is 12. The molecule has 0 saturated carbocycles. The molecule has 0 amide bonds. The Balaban J connectivity index is 0.000000210. The second-order valence-electron chi connectivity index (χ2n) is 27.9. The Morgan fingerprint density at radius 1 is 0.260 bits per heavy atom. The van der Waals surface area contributed by atoms with Crippen LogP contribution in [0.3, 0.4) is 0 Å². The Labute approximate surface area is 734 Å². The fourth-order valence-electron chi connectivity index (χ4n) is 11.3. The zero-order valence-electron chi connectivity index (χ0n) is 71.6. The lowest BCUT2D eigenvalue weighted by Gasteiger charge is -2.13. The first-order chi connectivity index (χ1) is 60.8. The van der Waals surface area contributed by atoms with Crippen LogP contribution in [0.1, 0.15) is 55.6 Å². The fraction of sp³-hybridized carbons (Fsp3) is 0.245. The highest BCUT2D eigenvalue weighted by atomic mass is 19.4. The first-order valence-electron chi connectivity index (χ1n) is 40.1. The van der Waals surface area contributed by atoms with Gasteiger partial charge in [0.15, 0.2) is 0 Å². The molecule has 0 atom stereocenters. The van der Waals surface area contributed by atoms with Crippen LogP contribution in [0.5, 0.6) is 69.0 Å². The number of para-hydroxylation sites is 11. The third-order valence-corrected chi connectivity index (χ3v) is 18.2. The predicted molar refractivity (Wildman–Crippen MR) is 477 cm³/mol. The molecule has 0 radical (unpaired) electrons. The van der Waals surface area contributed by atoms with Gasteiger partial charge in [0, 0.05) is 47.9 Å². The average Bonchev–Trinajstić information content (AvgIpc) is 0.862. The van der Waals surface area contributed by atoms with Crippen molar-refractivity contribution in [3.05, 3.63) is 349 Å². The van der Waals surface area contributed by atoms with Gasteiger partial charge in [-0.05, 0) is 185 Å². The number of aryl methyl sites for hydroxylation is 8. The van der Waals surface area contributed by atoms with Crippen LogP contribution in [0.4, 0.5) is 54.8 Å². The van der Waals surface area contributed by atoms with E-state index in [1.54, 1.807) is 49.4 Å². The summed E-state index contributed by atoms with van der Waals surface area (Å²) in [6.45, 7) is 19.6. The monoisotopic (exact) mass is 1750 g/mol. The molecule has 0 aliphatic rings. The summed E-state index contributed by atoms with van der Waals surface area (Å²) in [6.07, 6.45) is -11.3. The number of rotatable bonds is 36. The van der Waals surface area contributed by atoms with Gasteiger partial charge in [-0.1, -0.05) is 158 Å². The van der Waals surface area contributed by atoms with Crippen molar-refractivity contribution in [1.29, 1.82) is 0 Å². The van der Waals surface area contributed by atoms with Crippen LogP contribution in [-0.2, 0) is 22.4 Å². The van der Waals surface area contributed by atoms with E-state index in [0.29, 0.717) is 98.5 Å². The van der Waals surface area contributed by atoms with Crippen molar-refractivity contribution in [3.8, 4) is 69.0 Å². The molecule has 0 bridgehead atoms. The van der Waals surface area contributed by atoms with Gasteiger partial charge in [0.05, 0.1) is 33.4 Å². The fourth-order valence-corrected chi connectivity index (χ4v) is 11.3. The molecule has 0 unspecified atom stereocenters. The number of alkyl halides is 6. The van der Waals surface area contributed by atoms with Crippen LogP contribution >= 0.6 is 0 Å². The Hall–Kier alpha value is -14.6. The Morgan fingerprint density at radius 2 is 0.457 bits per heavy atom. The molecule has 0 aromatic heterocycles. The number of carbonyl (C=O) groups is 2. The topological polar surface area (TPSA) is 309 Å². The predicted octanol–water partition coefficient (Wildman–Crippen LogP) is 21.2. The number of hydrogen-bond acceptors (Lipinski definition) is 21. The van der Waals surface area contributed by atoms with Gasteiger partial charge in [-0.25, -0.2) is 0 Å². The van der Waals surface area contributed by atoms with E-state index in [4.69, 9.17) is 74.0 Å². The van der Waals surface area contributed by atoms with Crippen LogP contribution in [-0.4, -0.2) is 113 Å². The summed E-state index contributed by atoms with van der Waals surface area (Å²) in [5.74, 6) is 4.00. The summed E-state index contributed by atoms with van der Waals surface area (Å²) in [4.78, 5) is 42.9. The number of nitrogen functional groups attached to an aromatic ring is 3. The Morgan fingerprint density at radius 3 is 0.709 bits per heavy atom. The first kappa shape index (κ1) is 99.5. The highest BCUT2D eigenvalue weighted by Gasteiger charge is 2.39. The number of nitro benzene ring substituents is 2. The molecule has 0 heterocycles. The van der Waals surface area contributed by atoms with Gasteiger partial charge in [-0.2, -0.15) is 26.3 Å². The zero-order chi connectivity index (χ0) is 92.1. The van der Waals surface area contributed by atoms with Gasteiger partial charge < -0.3 is 74.0 Å². The van der Waals surface area contributed by atoms with Crippen LogP contribution in [0.2, 0.25) is 0 Å². The van der Waals surface area contributed by atoms with E-state index in [0.717, 1.165) is 73.4 Å². The molecule has 12 rings (SSSR count). The summed E-state index contributed by atoms with van der Waals surface area (Å²) in [5.41, 5.74) is 27.5. The van der Waals surface area contributed by atoms with Gasteiger partial charge in [-0.15, -0.1) is 0 Å². The van der Waals surface area contributed by atoms with E-state index in [1.807, 2.05) is 224 Å². The van der Waals surface area contributed by atoms with Crippen LogP contribution < -0.4 is 74.0 Å². The van der Waals surface area contributed by atoms with Crippen molar-refractivity contribution in [3.63, 3.8) is 0 Å². The quantitative estimate of drug-likeness (QED) is 0.0108. The van der Waals surface area contributed by atoms with Crippen LogP contribution in [0.15, 0.2) is 273 Å². The molecular formula is C98H103F6N5O18. The molecule has 23 nitrogen and oxygen atoms in total. The summed E-state index contributed by atoms with van der Waals surface area (Å²) in [5, 5.41) is 21.5. The minimum absolute atomic E-state index is 0.0145. The van der Waals surface area contributed by atoms with E-state index in [-0.39, 0.29) is 60.4 Å². The highest BCUT2D eigenvalue weighted by molar-refractivity contribution is 5.87. The third-order valence-electron chi connectivity index (χ3n) is 18.2. The summed E-state index contributed by atoms with van der Waals surface area (Å²) >= 11 is 0. The molecule has 0 aliphatic heterocycles. The number of nitro groups is 2. The maximum Gasteiger partial charge on any atom is 0.450 e. The highest BCUT2D eigenvalue weighted by Crippen LogP contribution is 2.31. The molecule has 0 aliphatic carbocycles. The number of halogens is 6. The van der Waals surface area contributed by atoms with Crippen molar-refractivity contribution in [2.24, 2.45) is 0 Å². The Kier molecular flexibility index (Phi) is 40.8. The molecule has 12 aromatic rings. The first-order valence-corrected chi connectivity index (χ1v) is 40.1. The summed E-state index contributed by atoms with van der Waals surface area (Å²) in [6, 6.07) is 80.4. The lowest BCUT2D eigenvalue weighted by atomic mass is 10.1. The number of hydrogen-bond donors (Lipinski definition) is 3. The number of ketones is 2. The number of carbonyl (C=O) groups excluding carboxylic acids is 2. The number of nitrogens with zero attached hydrogens (tertiary/aromatic N) is 2. The molecule has 0 saturated heterocycles. The second kappa shape index (κ2) is 52.1. The van der Waals surface area contributed by atoms with Crippen molar-refractivity contribution in [2.45, 2.75) is 80.6 Å². The third kappa shape index (κ3) is 35.6. The second-order valence-corrected chi connectivity index (χ2v) is 27.9. The molecule has 0 spiro atoms.